The maximum atomic E-state index is 10.4. The van der Waals surface area contributed by atoms with E-state index in [-0.39, 0.29) is 0 Å². The Morgan fingerprint density at radius 1 is 0.267 bits per heavy atom. The maximum absolute atomic E-state index is 10.4. The van der Waals surface area contributed by atoms with Crippen molar-refractivity contribution in [2.75, 3.05) is 0 Å². The second-order valence-electron chi connectivity index (χ2n) is 2.84. The van der Waals surface area contributed by atoms with Gasteiger partial charge in [-0.25, -0.2) is 0 Å². The van der Waals surface area contributed by atoms with Crippen LogP contribution in [0.5, 0.6) is 0 Å². The molecule has 0 fully saturated rings. The molecule has 0 amide bonds. The van der Waals surface area contributed by atoms with Crippen molar-refractivity contribution in [1.29, 1.82) is 0 Å². The molecule has 12 N–H and O–H groups in total. The summed E-state index contributed by atoms with van der Waals surface area (Å²) in [4.78, 5) is 0. The molecule has 0 bridgehead atoms. The standard InChI is InChI=1S/6AsFH2O3/c6*2-1(3,4)5/h6*(H2,3,4,5). The van der Waals surface area contributed by atoms with Crippen molar-refractivity contribution in [1.82, 2.24) is 0 Å². The molecule has 0 aliphatic rings. The van der Waals surface area contributed by atoms with Gasteiger partial charge in [0.1, 0.15) is 0 Å². The summed E-state index contributed by atoms with van der Waals surface area (Å²) in [7, 11) is 0. The summed E-state index contributed by atoms with van der Waals surface area (Å²) in [6, 6.07) is 0. The Kier molecular flexibility index (Phi) is 27.9. The second kappa shape index (κ2) is 18.7. The van der Waals surface area contributed by atoms with E-state index in [0.29, 0.717) is 0 Å². The van der Waals surface area contributed by atoms with Crippen LogP contribution in [0.1, 0.15) is 0 Å². The van der Waals surface area contributed by atoms with Crippen LogP contribution in [-0.4, -0.2) is 137 Å². The number of hydrogen-bond acceptors (Lipinski definition) is 6. The predicted octanol–water partition coefficient (Wildman–Crippen LogP) is -7.16. The van der Waals surface area contributed by atoms with E-state index in [9.17, 15) is 20.8 Å². The van der Waals surface area contributed by atoms with Crippen LogP contribution in [0.15, 0.2) is 0 Å². The molecule has 0 aliphatic carbocycles. The molecule has 0 spiro atoms. The van der Waals surface area contributed by atoms with Gasteiger partial charge in [-0.05, 0) is 0 Å². The third kappa shape index (κ3) is 14900. The molecule has 0 saturated heterocycles. The quantitative estimate of drug-likeness (QED) is 0.0795. The van der Waals surface area contributed by atoms with Crippen molar-refractivity contribution in [2.45, 2.75) is 0 Å². The van der Waals surface area contributed by atoms with Crippen LogP contribution in [0, 0.1) is 0 Å². The summed E-state index contributed by atoms with van der Waals surface area (Å²) in [5, 5.41) is 0. The molecule has 18 nitrogen and oxygen atoms in total. The molecule has 0 heterocycles. The van der Waals surface area contributed by atoms with E-state index < -0.39 is 87.9 Å². The molecule has 0 saturated carbocycles. The average molecular weight is 864 g/mol. The first-order valence-corrected chi connectivity index (χ1v) is 23.4. The Morgan fingerprint density at radius 2 is 0.267 bits per heavy atom. The summed E-state index contributed by atoms with van der Waals surface area (Å²) in [6.45, 7) is 0. The van der Waals surface area contributed by atoms with E-state index >= 15 is 0 Å². The molecular weight excluding hydrogens is 852 g/mol. The van der Waals surface area contributed by atoms with Gasteiger partial charge in [0.05, 0.1) is 0 Å². The van der Waals surface area contributed by atoms with Crippen molar-refractivity contribution in [3.63, 3.8) is 0 Å². The minimum atomic E-state index is -5.62. The van der Waals surface area contributed by atoms with Crippen molar-refractivity contribution < 1.29 is 92.4 Å². The first-order valence-electron chi connectivity index (χ1n) is 4.51. The molecule has 0 aromatic rings. The van der Waals surface area contributed by atoms with Crippen molar-refractivity contribution in [2.24, 2.45) is 0 Å². The van der Waals surface area contributed by atoms with E-state index in [2.05, 4.69) is 0 Å². The van der Waals surface area contributed by atoms with Crippen LogP contribution in [0.25, 0.3) is 0 Å². The van der Waals surface area contributed by atoms with Gasteiger partial charge in [-0.3, -0.25) is 0 Å². The summed E-state index contributed by atoms with van der Waals surface area (Å²) in [5.41, 5.74) is 0. The van der Waals surface area contributed by atoms with Crippen LogP contribution in [0.3, 0.4) is 0 Å². The van der Waals surface area contributed by atoms with Crippen LogP contribution < -0.4 is 0 Å². The predicted molar refractivity (Wildman–Crippen MR) is 71.9 cm³/mol. The third-order valence-corrected chi connectivity index (χ3v) is 0. The fraction of sp³-hybridized carbons (Fsp3) is 0. The second-order valence-corrected chi connectivity index (χ2v) is 14.7. The zero-order valence-electron chi connectivity index (χ0n) is 12.8. The van der Waals surface area contributed by atoms with Crippen LogP contribution in [0.2, 0.25) is 0 Å². The van der Waals surface area contributed by atoms with Gasteiger partial charge >= 0.3 is 180 Å². The van der Waals surface area contributed by atoms with Crippen molar-refractivity contribution >= 4 is 87.9 Å². The van der Waals surface area contributed by atoms with Gasteiger partial charge in [0.2, 0.25) is 0 Å². The van der Waals surface area contributed by atoms with Gasteiger partial charge in [-0.1, -0.05) is 0 Å². The van der Waals surface area contributed by atoms with Gasteiger partial charge in [0.15, 0.2) is 0 Å². The van der Waals surface area contributed by atoms with Gasteiger partial charge in [-0.15, -0.1) is 0 Å². The monoisotopic (exact) mass is 864 g/mol. The van der Waals surface area contributed by atoms with Gasteiger partial charge in [0, 0.05) is 0 Å². The van der Waals surface area contributed by atoms with E-state index in [0.717, 1.165) is 0 Å². The molecule has 0 radical (unpaired) electrons. The van der Waals surface area contributed by atoms with Crippen molar-refractivity contribution in [3.8, 4) is 0 Å². The Labute approximate surface area is 179 Å². The molecule has 192 valence electrons. The summed E-state index contributed by atoms with van der Waals surface area (Å²) in [6.07, 6.45) is 0. The average Bonchev–Trinajstić information content (AvgIpc) is 1.94. The van der Waals surface area contributed by atoms with E-state index in [1.54, 1.807) is 0 Å². The molecule has 30 heavy (non-hydrogen) atoms. The number of halogens is 6. The van der Waals surface area contributed by atoms with Gasteiger partial charge in [-0.2, -0.15) is 0 Å². The molecule has 0 aromatic carbocycles. The Bertz CT molecular complexity index is 473. The third-order valence-electron chi connectivity index (χ3n) is 0. The SMILES string of the molecule is O=[As](O)(O)F.O=[As](O)(O)F.O=[As](O)(O)F.O=[As](O)(O)F.O=[As](O)(O)F.O=[As](O)(O)F. The first kappa shape index (κ1) is 44.9. The molecule has 0 rings (SSSR count). The summed E-state index contributed by atoms with van der Waals surface area (Å²) < 4.78 is 199. The molecule has 0 aromatic heterocycles. The Hall–Kier alpha value is 1.25. The van der Waals surface area contributed by atoms with E-state index in [1.807, 2.05) is 0 Å². The first-order chi connectivity index (χ1) is 12.0. The Balaban J connectivity index is -0.0000000576. The van der Waals surface area contributed by atoms with Crippen molar-refractivity contribution in [3.05, 3.63) is 0 Å². The molecule has 0 unspecified atom stereocenters. The number of rotatable bonds is 0. The summed E-state index contributed by atoms with van der Waals surface area (Å²) in [5.74, 6) is 0. The normalized spacial score (nSPS) is 11.8. The van der Waals surface area contributed by atoms with Gasteiger partial charge in [0.25, 0.3) is 0 Å². The zero-order valence-corrected chi connectivity index (χ0v) is 24.0. The van der Waals surface area contributed by atoms with Crippen LogP contribution in [-0.2, 0) is 22.4 Å². The minimum absolute atomic E-state index is 5.62. The van der Waals surface area contributed by atoms with Crippen LogP contribution in [0.4, 0.5) is 20.8 Å². The molecule has 0 aliphatic heterocycles. The summed E-state index contributed by atoms with van der Waals surface area (Å²) >= 11 is -33.8. The Morgan fingerprint density at radius 3 is 0.267 bits per heavy atom. The fourth-order valence-electron chi connectivity index (χ4n) is 0. The molecular formula is H12As6F6O18. The van der Waals surface area contributed by atoms with Gasteiger partial charge < -0.3 is 0 Å². The number of hydrogen-bond donors (Lipinski definition) is 12. The van der Waals surface area contributed by atoms with E-state index in [4.69, 9.17) is 71.6 Å². The van der Waals surface area contributed by atoms with Crippen LogP contribution >= 0.6 is 0 Å². The molecule has 0 atom stereocenters. The fourth-order valence-corrected chi connectivity index (χ4v) is 0. The zero-order chi connectivity index (χ0) is 27.0. The van der Waals surface area contributed by atoms with E-state index in [1.165, 1.54) is 0 Å². The molecule has 30 heteroatoms. The topological polar surface area (TPSA) is 345 Å².